The number of nitrogens with zero attached hydrogens (tertiary/aromatic N) is 2. The lowest BCUT2D eigenvalue weighted by Crippen LogP contribution is -2.14. The minimum atomic E-state index is 0.410. The van der Waals surface area contributed by atoms with Gasteiger partial charge in [0.1, 0.15) is 6.61 Å². The number of hydrogen-bond donors (Lipinski definition) is 1. The topological polar surface area (TPSA) is 47.0 Å². The highest BCUT2D eigenvalue weighted by Gasteiger charge is 2.02. The van der Waals surface area contributed by atoms with Crippen molar-refractivity contribution in [1.29, 1.82) is 0 Å². The summed E-state index contributed by atoms with van der Waals surface area (Å²) in [7, 11) is 0. The second-order valence-electron chi connectivity index (χ2n) is 3.14. The summed E-state index contributed by atoms with van der Waals surface area (Å²) in [6.45, 7) is 9.76. The standard InChI is InChI=1S/C11H17N3O/c1-4-6-15-11-13-8-10(7-12-5-2)9(3)14-11/h4,8,12H,1,5-7H2,2-3H3. The fraction of sp³-hybridized carbons (Fsp3) is 0.455. The molecule has 0 amide bonds. The van der Waals surface area contributed by atoms with Gasteiger partial charge in [0, 0.05) is 24.0 Å². The molecule has 0 fully saturated rings. The number of ether oxygens (including phenoxy) is 1. The lowest BCUT2D eigenvalue weighted by Gasteiger charge is -2.07. The van der Waals surface area contributed by atoms with Crippen LogP contribution in [-0.4, -0.2) is 23.1 Å². The highest BCUT2D eigenvalue weighted by Crippen LogP contribution is 2.08. The molecule has 1 aromatic rings. The molecule has 0 radical (unpaired) electrons. The molecule has 0 bridgehead atoms. The first-order valence-corrected chi connectivity index (χ1v) is 5.04. The van der Waals surface area contributed by atoms with Gasteiger partial charge in [-0.3, -0.25) is 0 Å². The molecule has 15 heavy (non-hydrogen) atoms. The first-order chi connectivity index (χ1) is 7.27. The Morgan fingerprint density at radius 2 is 2.40 bits per heavy atom. The second-order valence-corrected chi connectivity index (χ2v) is 3.14. The largest absolute Gasteiger partial charge is 0.459 e. The molecule has 0 unspecified atom stereocenters. The summed E-state index contributed by atoms with van der Waals surface area (Å²) in [5.74, 6) is 0. The van der Waals surface area contributed by atoms with E-state index < -0.39 is 0 Å². The van der Waals surface area contributed by atoms with Gasteiger partial charge < -0.3 is 10.1 Å². The van der Waals surface area contributed by atoms with E-state index in [1.54, 1.807) is 12.3 Å². The average Bonchev–Trinajstić information content (AvgIpc) is 2.25. The molecule has 0 saturated heterocycles. The summed E-state index contributed by atoms with van der Waals surface area (Å²) >= 11 is 0. The monoisotopic (exact) mass is 207 g/mol. The van der Waals surface area contributed by atoms with Crippen LogP contribution >= 0.6 is 0 Å². The van der Waals surface area contributed by atoms with Crippen LogP contribution < -0.4 is 10.1 Å². The Kier molecular flexibility index (Phi) is 4.77. The molecule has 4 heteroatoms. The van der Waals surface area contributed by atoms with E-state index in [-0.39, 0.29) is 0 Å². The normalized spacial score (nSPS) is 10.0. The van der Waals surface area contributed by atoms with Crippen LogP contribution in [0.15, 0.2) is 18.9 Å². The molecular formula is C11H17N3O. The maximum absolute atomic E-state index is 5.23. The van der Waals surface area contributed by atoms with Gasteiger partial charge in [-0.1, -0.05) is 19.6 Å². The molecule has 0 atom stereocenters. The molecule has 1 heterocycles. The minimum absolute atomic E-state index is 0.410. The average molecular weight is 207 g/mol. The lowest BCUT2D eigenvalue weighted by atomic mass is 10.2. The van der Waals surface area contributed by atoms with Crippen LogP contribution in [0.3, 0.4) is 0 Å². The maximum atomic E-state index is 5.23. The van der Waals surface area contributed by atoms with Crippen molar-refractivity contribution < 1.29 is 4.74 Å². The SMILES string of the molecule is C=CCOc1ncc(CNCC)c(C)n1. The molecule has 1 aromatic heterocycles. The van der Waals surface area contributed by atoms with Crippen molar-refractivity contribution in [3.8, 4) is 6.01 Å². The summed E-state index contributed by atoms with van der Waals surface area (Å²) in [5, 5.41) is 3.23. The summed E-state index contributed by atoms with van der Waals surface area (Å²) in [5.41, 5.74) is 2.05. The van der Waals surface area contributed by atoms with Gasteiger partial charge in [0.2, 0.25) is 0 Å². The molecule has 0 aromatic carbocycles. The van der Waals surface area contributed by atoms with Gasteiger partial charge in [-0.15, -0.1) is 0 Å². The lowest BCUT2D eigenvalue weighted by molar-refractivity contribution is 0.332. The van der Waals surface area contributed by atoms with E-state index in [0.29, 0.717) is 12.6 Å². The number of nitrogens with one attached hydrogen (secondary N) is 1. The molecule has 0 saturated carbocycles. The quantitative estimate of drug-likeness (QED) is 0.717. The Morgan fingerprint density at radius 3 is 3.00 bits per heavy atom. The van der Waals surface area contributed by atoms with E-state index in [2.05, 4.69) is 28.8 Å². The summed E-state index contributed by atoms with van der Waals surface area (Å²) < 4.78 is 5.23. The number of rotatable bonds is 6. The first kappa shape index (κ1) is 11.7. The van der Waals surface area contributed by atoms with Gasteiger partial charge in [0.15, 0.2) is 0 Å². The molecule has 82 valence electrons. The summed E-state index contributed by atoms with van der Waals surface area (Å²) in [6, 6.07) is 0.410. The zero-order chi connectivity index (χ0) is 11.1. The molecule has 0 aliphatic carbocycles. The Labute approximate surface area is 90.4 Å². The van der Waals surface area contributed by atoms with Crippen LogP contribution in [0.4, 0.5) is 0 Å². The molecule has 0 aliphatic rings. The second kappa shape index (κ2) is 6.14. The fourth-order valence-corrected chi connectivity index (χ4v) is 1.11. The molecule has 1 rings (SSSR count). The molecule has 0 aliphatic heterocycles. The van der Waals surface area contributed by atoms with Crippen molar-refractivity contribution in [1.82, 2.24) is 15.3 Å². The van der Waals surface area contributed by atoms with Crippen LogP contribution in [0.2, 0.25) is 0 Å². The third-order valence-electron chi connectivity index (χ3n) is 1.95. The van der Waals surface area contributed by atoms with Crippen molar-refractivity contribution in [2.45, 2.75) is 20.4 Å². The van der Waals surface area contributed by atoms with Gasteiger partial charge in [0.05, 0.1) is 0 Å². The van der Waals surface area contributed by atoms with Crippen LogP contribution in [0.25, 0.3) is 0 Å². The summed E-state index contributed by atoms with van der Waals surface area (Å²) in [6.07, 6.45) is 3.47. The Balaban J connectivity index is 2.65. The van der Waals surface area contributed by atoms with Crippen LogP contribution in [0, 0.1) is 6.92 Å². The smallest absolute Gasteiger partial charge is 0.316 e. The van der Waals surface area contributed by atoms with E-state index in [9.17, 15) is 0 Å². The maximum Gasteiger partial charge on any atom is 0.316 e. The van der Waals surface area contributed by atoms with Crippen LogP contribution in [0.5, 0.6) is 6.01 Å². The van der Waals surface area contributed by atoms with Gasteiger partial charge in [-0.2, -0.15) is 0 Å². The number of hydrogen-bond acceptors (Lipinski definition) is 4. The predicted octanol–water partition coefficient (Wildman–Crippen LogP) is 1.46. The summed E-state index contributed by atoms with van der Waals surface area (Å²) in [4.78, 5) is 8.35. The third kappa shape index (κ3) is 3.67. The predicted molar refractivity (Wildman–Crippen MR) is 59.8 cm³/mol. The van der Waals surface area contributed by atoms with E-state index >= 15 is 0 Å². The molecule has 4 nitrogen and oxygen atoms in total. The van der Waals surface area contributed by atoms with Crippen LogP contribution in [0.1, 0.15) is 18.2 Å². The van der Waals surface area contributed by atoms with Gasteiger partial charge in [-0.05, 0) is 13.5 Å². The van der Waals surface area contributed by atoms with Crippen molar-refractivity contribution in [3.63, 3.8) is 0 Å². The Hall–Kier alpha value is -1.42. The highest BCUT2D eigenvalue weighted by molar-refractivity contribution is 5.17. The van der Waals surface area contributed by atoms with E-state index in [0.717, 1.165) is 24.3 Å². The van der Waals surface area contributed by atoms with Crippen molar-refractivity contribution >= 4 is 0 Å². The third-order valence-corrected chi connectivity index (χ3v) is 1.95. The zero-order valence-corrected chi connectivity index (χ0v) is 9.29. The van der Waals surface area contributed by atoms with Crippen molar-refractivity contribution in [2.24, 2.45) is 0 Å². The number of aromatic nitrogens is 2. The Morgan fingerprint density at radius 1 is 1.60 bits per heavy atom. The van der Waals surface area contributed by atoms with Crippen molar-refractivity contribution in [3.05, 3.63) is 30.1 Å². The highest BCUT2D eigenvalue weighted by atomic mass is 16.5. The first-order valence-electron chi connectivity index (χ1n) is 5.04. The van der Waals surface area contributed by atoms with E-state index in [1.807, 2.05) is 6.92 Å². The molecule has 1 N–H and O–H groups in total. The van der Waals surface area contributed by atoms with Gasteiger partial charge in [0.25, 0.3) is 0 Å². The van der Waals surface area contributed by atoms with Gasteiger partial charge >= 0.3 is 6.01 Å². The Bertz CT molecular complexity index is 326. The zero-order valence-electron chi connectivity index (χ0n) is 9.29. The number of aryl methyl sites for hydroxylation is 1. The van der Waals surface area contributed by atoms with Crippen LogP contribution in [-0.2, 0) is 6.54 Å². The minimum Gasteiger partial charge on any atom is -0.459 e. The van der Waals surface area contributed by atoms with Crippen molar-refractivity contribution in [2.75, 3.05) is 13.2 Å². The van der Waals surface area contributed by atoms with E-state index in [4.69, 9.17) is 4.74 Å². The molecule has 0 spiro atoms. The van der Waals surface area contributed by atoms with E-state index in [1.165, 1.54) is 0 Å². The fourth-order valence-electron chi connectivity index (χ4n) is 1.11. The van der Waals surface area contributed by atoms with Gasteiger partial charge in [-0.25, -0.2) is 9.97 Å². The molecular weight excluding hydrogens is 190 g/mol.